The Bertz CT molecular complexity index is 827. The van der Waals surface area contributed by atoms with Crippen LogP contribution in [0, 0.1) is 0 Å². The van der Waals surface area contributed by atoms with Gasteiger partial charge in [-0.3, -0.25) is 0 Å². The van der Waals surface area contributed by atoms with Gasteiger partial charge in [0.25, 0.3) is 0 Å². The van der Waals surface area contributed by atoms with Gasteiger partial charge in [0.05, 0.1) is 0 Å². The van der Waals surface area contributed by atoms with Crippen molar-refractivity contribution in [2.75, 3.05) is 0 Å². The Morgan fingerprint density at radius 1 is 0.857 bits per heavy atom. The minimum atomic E-state index is 0.628. The van der Waals surface area contributed by atoms with Crippen LogP contribution in [-0.2, 0) is 12.8 Å². The molecule has 2 nitrogen and oxygen atoms in total. The summed E-state index contributed by atoms with van der Waals surface area (Å²) in [7, 11) is 0. The lowest BCUT2D eigenvalue weighted by molar-refractivity contribution is 0.663. The second-order valence-corrected chi connectivity index (χ2v) is 5.89. The first kappa shape index (κ1) is 12.8. The van der Waals surface area contributed by atoms with E-state index in [1.165, 1.54) is 23.6 Å². The normalized spacial score (nSPS) is 14.1. The molecule has 0 bridgehead atoms. The summed E-state index contributed by atoms with van der Waals surface area (Å²) in [6.45, 7) is 0. The summed E-state index contributed by atoms with van der Waals surface area (Å²) >= 11 is 6.36. The molecule has 2 aromatic carbocycles. The van der Waals surface area contributed by atoms with E-state index in [1.807, 2.05) is 12.1 Å². The maximum absolute atomic E-state index is 6.36. The van der Waals surface area contributed by atoms with Crippen molar-refractivity contribution in [3.63, 3.8) is 0 Å². The largest absolute Gasteiger partial charge is 0.233 e. The molecule has 0 aliphatic heterocycles. The van der Waals surface area contributed by atoms with Crippen molar-refractivity contribution < 1.29 is 0 Å². The van der Waals surface area contributed by atoms with Crippen molar-refractivity contribution in [2.45, 2.75) is 25.7 Å². The first-order valence-electron chi connectivity index (χ1n) is 7.36. The molecule has 0 fully saturated rings. The molecule has 0 amide bonds. The molecule has 3 aromatic rings. The molecule has 0 radical (unpaired) electrons. The summed E-state index contributed by atoms with van der Waals surface area (Å²) in [6, 6.07) is 14.6. The van der Waals surface area contributed by atoms with E-state index in [1.54, 1.807) is 0 Å². The van der Waals surface area contributed by atoms with Crippen molar-refractivity contribution in [3.8, 4) is 11.4 Å². The van der Waals surface area contributed by atoms with Gasteiger partial charge in [0.2, 0.25) is 0 Å². The van der Waals surface area contributed by atoms with Gasteiger partial charge in [0.15, 0.2) is 5.82 Å². The highest BCUT2D eigenvalue weighted by Gasteiger charge is 2.17. The molecule has 1 aliphatic rings. The van der Waals surface area contributed by atoms with Crippen LogP contribution in [-0.4, -0.2) is 9.97 Å². The zero-order valence-electron chi connectivity index (χ0n) is 11.6. The van der Waals surface area contributed by atoms with Crippen LogP contribution < -0.4 is 0 Å². The first-order valence-corrected chi connectivity index (χ1v) is 7.73. The lowest BCUT2D eigenvalue weighted by Crippen LogP contribution is -2.08. The number of nitrogens with zero attached hydrogens (tertiary/aromatic N) is 2. The number of aryl methyl sites for hydroxylation is 1. The average molecular weight is 295 g/mol. The molecule has 21 heavy (non-hydrogen) atoms. The van der Waals surface area contributed by atoms with Crippen LogP contribution >= 0.6 is 11.6 Å². The molecule has 104 valence electrons. The van der Waals surface area contributed by atoms with E-state index >= 15 is 0 Å². The molecule has 1 aromatic heterocycles. The first-order chi connectivity index (χ1) is 10.3. The van der Waals surface area contributed by atoms with E-state index in [0.29, 0.717) is 5.15 Å². The zero-order chi connectivity index (χ0) is 14.2. The summed E-state index contributed by atoms with van der Waals surface area (Å²) in [6.07, 6.45) is 4.40. The summed E-state index contributed by atoms with van der Waals surface area (Å²) in [4.78, 5) is 9.27. The molecular weight excluding hydrogens is 280 g/mol. The van der Waals surface area contributed by atoms with Crippen LogP contribution in [0.5, 0.6) is 0 Å². The van der Waals surface area contributed by atoms with Crippen LogP contribution in [0.1, 0.15) is 24.1 Å². The Morgan fingerprint density at radius 2 is 1.67 bits per heavy atom. The van der Waals surface area contributed by atoms with Crippen molar-refractivity contribution in [1.29, 1.82) is 0 Å². The van der Waals surface area contributed by atoms with Crippen LogP contribution in [0.15, 0.2) is 42.5 Å². The predicted molar refractivity (Wildman–Crippen MR) is 86.6 cm³/mol. The third-order valence-electron chi connectivity index (χ3n) is 4.14. The molecule has 0 saturated carbocycles. The predicted octanol–water partition coefficient (Wildman–Crippen LogP) is 4.83. The summed E-state index contributed by atoms with van der Waals surface area (Å²) in [5, 5.41) is 3.06. The Hall–Kier alpha value is -1.93. The number of hydrogen-bond donors (Lipinski definition) is 0. The number of aromatic nitrogens is 2. The minimum Gasteiger partial charge on any atom is -0.233 e. The number of hydrogen-bond acceptors (Lipinski definition) is 2. The Morgan fingerprint density at radius 3 is 2.57 bits per heavy atom. The summed E-state index contributed by atoms with van der Waals surface area (Å²) in [5.41, 5.74) is 3.31. The Balaban J connectivity index is 1.86. The standard InChI is InChI=1S/C18H15ClN2/c19-17-15-7-3-4-8-16(15)20-18(21-17)14-10-9-12-5-1-2-6-13(12)11-14/h1-2,5-6,9-11H,3-4,7-8H2. The number of rotatable bonds is 1. The zero-order valence-corrected chi connectivity index (χ0v) is 12.4. The van der Waals surface area contributed by atoms with Gasteiger partial charge >= 0.3 is 0 Å². The summed E-state index contributed by atoms with van der Waals surface area (Å²) in [5.74, 6) is 0.742. The minimum absolute atomic E-state index is 0.628. The highest BCUT2D eigenvalue weighted by Crippen LogP contribution is 2.29. The van der Waals surface area contributed by atoms with Crippen LogP contribution in [0.3, 0.4) is 0 Å². The van der Waals surface area contributed by atoms with Gasteiger partial charge in [-0.05, 0) is 42.5 Å². The molecule has 0 atom stereocenters. The molecule has 3 heteroatoms. The second kappa shape index (κ2) is 5.12. The van der Waals surface area contributed by atoms with Gasteiger partial charge < -0.3 is 0 Å². The molecule has 0 N–H and O–H groups in total. The topological polar surface area (TPSA) is 25.8 Å². The third-order valence-corrected chi connectivity index (χ3v) is 4.45. The molecule has 1 aliphatic carbocycles. The van der Waals surface area contributed by atoms with E-state index in [2.05, 4.69) is 35.3 Å². The van der Waals surface area contributed by atoms with Crippen LogP contribution in [0.4, 0.5) is 0 Å². The maximum atomic E-state index is 6.36. The maximum Gasteiger partial charge on any atom is 0.161 e. The van der Waals surface area contributed by atoms with Crippen molar-refractivity contribution in [3.05, 3.63) is 58.9 Å². The van der Waals surface area contributed by atoms with Crippen LogP contribution in [0.2, 0.25) is 5.15 Å². The van der Waals surface area contributed by atoms with Gasteiger partial charge in [-0.15, -0.1) is 0 Å². The monoisotopic (exact) mass is 294 g/mol. The van der Waals surface area contributed by atoms with Gasteiger partial charge in [-0.1, -0.05) is 48.0 Å². The molecule has 0 saturated heterocycles. The summed E-state index contributed by atoms with van der Waals surface area (Å²) < 4.78 is 0. The highest BCUT2D eigenvalue weighted by molar-refractivity contribution is 6.30. The fourth-order valence-corrected chi connectivity index (χ4v) is 3.29. The lowest BCUT2D eigenvalue weighted by Gasteiger charge is -2.16. The van der Waals surface area contributed by atoms with E-state index < -0.39 is 0 Å². The number of benzene rings is 2. The number of fused-ring (bicyclic) bond motifs is 2. The molecular formula is C18H15ClN2. The van der Waals surface area contributed by atoms with Crippen molar-refractivity contribution in [1.82, 2.24) is 9.97 Å². The van der Waals surface area contributed by atoms with Gasteiger partial charge in [0.1, 0.15) is 5.15 Å². The van der Waals surface area contributed by atoms with Crippen LogP contribution in [0.25, 0.3) is 22.2 Å². The Labute approximate surface area is 128 Å². The fraction of sp³-hybridized carbons (Fsp3) is 0.222. The van der Waals surface area contributed by atoms with E-state index in [-0.39, 0.29) is 0 Å². The fourth-order valence-electron chi connectivity index (χ4n) is 3.01. The highest BCUT2D eigenvalue weighted by atomic mass is 35.5. The lowest BCUT2D eigenvalue weighted by atomic mass is 9.97. The van der Waals surface area contributed by atoms with Crippen molar-refractivity contribution >= 4 is 22.4 Å². The average Bonchev–Trinajstić information content (AvgIpc) is 2.54. The third kappa shape index (κ3) is 2.30. The Kier molecular flexibility index (Phi) is 3.12. The van der Waals surface area contributed by atoms with Gasteiger partial charge in [-0.2, -0.15) is 0 Å². The van der Waals surface area contributed by atoms with Gasteiger partial charge in [0, 0.05) is 16.8 Å². The second-order valence-electron chi connectivity index (χ2n) is 5.53. The van der Waals surface area contributed by atoms with E-state index in [0.717, 1.165) is 35.5 Å². The molecule has 0 unspecified atom stereocenters. The quantitative estimate of drug-likeness (QED) is 0.601. The molecule has 4 rings (SSSR count). The molecule has 1 heterocycles. The van der Waals surface area contributed by atoms with E-state index in [4.69, 9.17) is 16.6 Å². The SMILES string of the molecule is Clc1nc(-c2ccc3ccccc3c2)nc2c1CCCC2. The smallest absolute Gasteiger partial charge is 0.161 e. The van der Waals surface area contributed by atoms with E-state index in [9.17, 15) is 0 Å². The number of halogens is 1. The molecule has 0 spiro atoms. The van der Waals surface area contributed by atoms with Crippen molar-refractivity contribution in [2.24, 2.45) is 0 Å². The van der Waals surface area contributed by atoms with Gasteiger partial charge in [-0.25, -0.2) is 9.97 Å².